The number of hydrogen-bond donors (Lipinski definition) is 2. The van der Waals surface area contributed by atoms with Gasteiger partial charge in [0.25, 0.3) is 0 Å². The van der Waals surface area contributed by atoms with Gasteiger partial charge in [0.15, 0.2) is 0 Å². The Morgan fingerprint density at radius 1 is 1.25 bits per heavy atom. The summed E-state index contributed by atoms with van der Waals surface area (Å²) in [6.07, 6.45) is 1.42. The van der Waals surface area contributed by atoms with Crippen LogP contribution < -0.4 is 5.32 Å². The molecule has 1 aliphatic heterocycles. The SMILES string of the molecule is O=C(CN1CCC[C@H]1C(=O)O)NC(c1ccccc1)c1cccs1. The first kappa shape index (κ1) is 16.7. The number of amides is 1. The minimum absolute atomic E-state index is 0.117. The van der Waals surface area contributed by atoms with Gasteiger partial charge in [0.05, 0.1) is 12.6 Å². The monoisotopic (exact) mass is 344 g/mol. The first-order valence-corrected chi connectivity index (χ1v) is 8.87. The van der Waals surface area contributed by atoms with Gasteiger partial charge in [-0.15, -0.1) is 11.3 Å². The van der Waals surface area contributed by atoms with Crippen molar-refractivity contribution in [1.82, 2.24) is 10.2 Å². The molecule has 2 N–H and O–H groups in total. The Bertz CT molecular complexity index is 688. The lowest BCUT2D eigenvalue weighted by Crippen LogP contribution is -2.43. The second kappa shape index (κ2) is 7.59. The van der Waals surface area contributed by atoms with Gasteiger partial charge in [0, 0.05) is 4.88 Å². The molecule has 0 saturated carbocycles. The number of hydrogen-bond acceptors (Lipinski definition) is 4. The second-order valence-corrected chi connectivity index (χ2v) is 6.87. The number of benzene rings is 1. The van der Waals surface area contributed by atoms with Crippen molar-refractivity contribution in [3.63, 3.8) is 0 Å². The zero-order chi connectivity index (χ0) is 16.9. The molecule has 1 aliphatic rings. The summed E-state index contributed by atoms with van der Waals surface area (Å²) >= 11 is 1.59. The van der Waals surface area contributed by atoms with Gasteiger partial charge in [-0.05, 0) is 36.4 Å². The molecular formula is C18H20N2O3S. The number of carboxylic acids is 1. The summed E-state index contributed by atoms with van der Waals surface area (Å²) < 4.78 is 0. The minimum atomic E-state index is -0.849. The Kier molecular flexibility index (Phi) is 5.27. The molecule has 1 aromatic heterocycles. The van der Waals surface area contributed by atoms with E-state index in [4.69, 9.17) is 0 Å². The molecule has 1 fully saturated rings. The van der Waals surface area contributed by atoms with Crippen LogP contribution in [0.5, 0.6) is 0 Å². The van der Waals surface area contributed by atoms with Crippen LogP contribution in [-0.2, 0) is 9.59 Å². The third-order valence-corrected chi connectivity index (χ3v) is 5.20. The van der Waals surface area contributed by atoms with Crippen LogP contribution in [-0.4, -0.2) is 41.0 Å². The summed E-state index contributed by atoms with van der Waals surface area (Å²) in [4.78, 5) is 26.6. The molecule has 126 valence electrons. The number of aliphatic carboxylic acids is 1. The lowest BCUT2D eigenvalue weighted by molar-refractivity contribution is -0.142. The van der Waals surface area contributed by atoms with E-state index in [9.17, 15) is 14.7 Å². The number of carboxylic acid groups (broad SMARTS) is 1. The fraction of sp³-hybridized carbons (Fsp3) is 0.333. The van der Waals surface area contributed by atoms with Crippen molar-refractivity contribution >= 4 is 23.2 Å². The van der Waals surface area contributed by atoms with Gasteiger partial charge in [-0.25, -0.2) is 0 Å². The highest BCUT2D eigenvalue weighted by atomic mass is 32.1. The molecule has 2 heterocycles. The van der Waals surface area contributed by atoms with Gasteiger partial charge in [-0.2, -0.15) is 0 Å². The van der Waals surface area contributed by atoms with Crippen LogP contribution in [0.2, 0.25) is 0 Å². The lowest BCUT2D eigenvalue weighted by Gasteiger charge is -2.23. The zero-order valence-corrected chi connectivity index (χ0v) is 14.0. The van der Waals surface area contributed by atoms with Crippen molar-refractivity contribution in [1.29, 1.82) is 0 Å². The molecule has 3 rings (SSSR count). The number of nitrogens with one attached hydrogen (secondary N) is 1. The van der Waals surface area contributed by atoms with Crippen molar-refractivity contribution in [2.75, 3.05) is 13.1 Å². The summed E-state index contributed by atoms with van der Waals surface area (Å²) in [6.45, 7) is 0.769. The van der Waals surface area contributed by atoms with E-state index in [1.165, 1.54) is 0 Å². The molecule has 1 amide bonds. The first-order valence-electron chi connectivity index (χ1n) is 7.99. The highest BCUT2D eigenvalue weighted by Crippen LogP contribution is 2.26. The maximum Gasteiger partial charge on any atom is 0.320 e. The summed E-state index contributed by atoms with van der Waals surface area (Å²) in [7, 11) is 0. The van der Waals surface area contributed by atoms with Crippen molar-refractivity contribution in [3.05, 3.63) is 58.3 Å². The van der Waals surface area contributed by atoms with Crippen LogP contribution in [0.3, 0.4) is 0 Å². The predicted molar refractivity (Wildman–Crippen MR) is 93.0 cm³/mol. The van der Waals surface area contributed by atoms with E-state index in [2.05, 4.69) is 5.32 Å². The van der Waals surface area contributed by atoms with Gasteiger partial charge in [0.1, 0.15) is 6.04 Å². The number of rotatable bonds is 6. The van der Waals surface area contributed by atoms with Crippen molar-refractivity contribution in [2.24, 2.45) is 0 Å². The van der Waals surface area contributed by atoms with Crippen LogP contribution in [0.4, 0.5) is 0 Å². The van der Waals surface area contributed by atoms with Crippen LogP contribution in [0.25, 0.3) is 0 Å². The largest absolute Gasteiger partial charge is 0.480 e. The zero-order valence-electron chi connectivity index (χ0n) is 13.2. The van der Waals surface area contributed by atoms with E-state index in [1.54, 1.807) is 16.2 Å². The third-order valence-electron chi connectivity index (χ3n) is 4.26. The maximum atomic E-state index is 12.5. The highest BCUT2D eigenvalue weighted by molar-refractivity contribution is 7.10. The Morgan fingerprint density at radius 3 is 2.71 bits per heavy atom. The average molecular weight is 344 g/mol. The van der Waals surface area contributed by atoms with E-state index >= 15 is 0 Å². The van der Waals surface area contributed by atoms with E-state index in [-0.39, 0.29) is 18.5 Å². The Hall–Kier alpha value is -2.18. The quantitative estimate of drug-likeness (QED) is 0.845. The van der Waals surface area contributed by atoms with E-state index in [1.807, 2.05) is 47.8 Å². The Labute approximate surface area is 144 Å². The van der Waals surface area contributed by atoms with Gasteiger partial charge >= 0.3 is 5.97 Å². The molecule has 6 heteroatoms. The maximum absolute atomic E-state index is 12.5. The first-order chi connectivity index (χ1) is 11.6. The molecule has 0 aliphatic carbocycles. The van der Waals surface area contributed by atoms with Crippen molar-refractivity contribution < 1.29 is 14.7 Å². The molecule has 1 saturated heterocycles. The van der Waals surface area contributed by atoms with Crippen LogP contribution in [0.1, 0.15) is 29.3 Å². The molecule has 0 radical (unpaired) electrons. The summed E-state index contributed by atoms with van der Waals surface area (Å²) in [5.74, 6) is -0.997. The Balaban J connectivity index is 1.71. The van der Waals surface area contributed by atoms with Crippen LogP contribution >= 0.6 is 11.3 Å². The fourth-order valence-corrected chi connectivity index (χ4v) is 3.91. The van der Waals surface area contributed by atoms with Crippen LogP contribution in [0, 0.1) is 0 Å². The van der Waals surface area contributed by atoms with E-state index in [0.717, 1.165) is 16.9 Å². The topological polar surface area (TPSA) is 69.6 Å². The number of carbonyl (C=O) groups excluding carboxylic acids is 1. The molecule has 2 atom stereocenters. The predicted octanol–water partition coefficient (Wildman–Crippen LogP) is 2.50. The summed E-state index contributed by atoms with van der Waals surface area (Å²) in [5, 5.41) is 14.3. The summed E-state index contributed by atoms with van der Waals surface area (Å²) in [5.41, 5.74) is 1.02. The number of thiophene rings is 1. The smallest absolute Gasteiger partial charge is 0.320 e. The van der Waals surface area contributed by atoms with E-state index in [0.29, 0.717) is 13.0 Å². The average Bonchev–Trinajstić information content (AvgIpc) is 3.25. The summed E-state index contributed by atoms with van der Waals surface area (Å²) in [6, 6.07) is 13.0. The van der Waals surface area contributed by atoms with Gasteiger partial charge in [-0.1, -0.05) is 36.4 Å². The van der Waals surface area contributed by atoms with Gasteiger partial charge in [0.2, 0.25) is 5.91 Å². The van der Waals surface area contributed by atoms with Crippen molar-refractivity contribution in [2.45, 2.75) is 24.9 Å². The Morgan fingerprint density at radius 2 is 2.04 bits per heavy atom. The van der Waals surface area contributed by atoms with Crippen molar-refractivity contribution in [3.8, 4) is 0 Å². The molecule has 0 spiro atoms. The fourth-order valence-electron chi connectivity index (χ4n) is 3.11. The number of nitrogens with zero attached hydrogens (tertiary/aromatic N) is 1. The molecule has 24 heavy (non-hydrogen) atoms. The van der Waals surface area contributed by atoms with Gasteiger partial charge < -0.3 is 10.4 Å². The number of likely N-dealkylation sites (tertiary alicyclic amines) is 1. The molecule has 5 nitrogen and oxygen atoms in total. The molecule has 2 aromatic rings. The highest BCUT2D eigenvalue weighted by Gasteiger charge is 2.32. The number of carbonyl (C=O) groups is 2. The molecular weight excluding hydrogens is 324 g/mol. The minimum Gasteiger partial charge on any atom is -0.480 e. The molecule has 1 unspecified atom stereocenters. The van der Waals surface area contributed by atoms with E-state index < -0.39 is 12.0 Å². The van der Waals surface area contributed by atoms with Crippen LogP contribution in [0.15, 0.2) is 47.8 Å². The normalized spacial score (nSPS) is 19.1. The molecule has 0 bridgehead atoms. The third kappa shape index (κ3) is 3.83. The lowest BCUT2D eigenvalue weighted by atomic mass is 10.1. The standard InChI is InChI=1S/C18H20N2O3S/c21-16(12-20-10-4-8-14(20)18(22)23)19-17(15-9-5-11-24-15)13-6-2-1-3-7-13/h1-3,5-7,9,11,14,17H,4,8,10,12H2,(H,19,21)(H,22,23)/t14-,17?/m0/s1. The van der Waals surface area contributed by atoms with Gasteiger partial charge in [-0.3, -0.25) is 14.5 Å². The second-order valence-electron chi connectivity index (χ2n) is 5.89. The molecule has 1 aromatic carbocycles.